The normalized spacial score (nSPS) is 13.4. The number of hydrogen-bond donors (Lipinski definition) is 0. The molecule has 0 spiro atoms. The second-order valence-corrected chi connectivity index (χ2v) is 5.09. The van der Waals surface area contributed by atoms with Crippen LogP contribution in [0.25, 0.3) is 0 Å². The smallest absolute Gasteiger partial charge is 0.336 e. The van der Waals surface area contributed by atoms with Gasteiger partial charge in [-0.25, -0.2) is 13.2 Å². The van der Waals surface area contributed by atoms with Crippen molar-refractivity contribution in [2.24, 2.45) is 0 Å². The molecule has 1 aromatic rings. The molecule has 0 radical (unpaired) electrons. The number of hydrogen-bond acceptors (Lipinski definition) is 4. The van der Waals surface area contributed by atoms with E-state index in [1.807, 2.05) is 0 Å². The molecule has 0 aliphatic heterocycles. The van der Waals surface area contributed by atoms with E-state index in [9.17, 15) is 30.4 Å². The highest BCUT2D eigenvalue weighted by Crippen LogP contribution is 2.30. The van der Waals surface area contributed by atoms with Crippen LogP contribution in [0.5, 0.6) is 5.75 Å². The molecule has 0 fully saturated rings. The van der Waals surface area contributed by atoms with Gasteiger partial charge >= 0.3 is 10.1 Å². The minimum atomic E-state index is -4.71. The Balaban J connectivity index is 3.39. The van der Waals surface area contributed by atoms with E-state index in [-0.39, 0.29) is 0 Å². The first-order chi connectivity index (χ1) is 8.63. The molecular weight excluding hydrogens is 299 g/mol. The number of benzene rings is 1. The van der Waals surface area contributed by atoms with Gasteiger partial charge in [0.15, 0.2) is 5.44 Å². The standard InChI is InChI=1S/C9H7F5O4S/c1-3(17-2)19(15,16)18-9-7(13)5(11)4(10)6(12)8(9)14/h3H,1-2H3. The van der Waals surface area contributed by atoms with Gasteiger partial charge in [-0.15, -0.1) is 0 Å². The number of ether oxygens (including phenoxy) is 1. The molecule has 1 atom stereocenters. The lowest BCUT2D eigenvalue weighted by Crippen LogP contribution is -2.26. The van der Waals surface area contributed by atoms with Crippen LogP contribution in [0.4, 0.5) is 22.0 Å². The number of halogens is 5. The number of rotatable bonds is 4. The van der Waals surface area contributed by atoms with Gasteiger partial charge in [0, 0.05) is 7.11 Å². The van der Waals surface area contributed by atoms with E-state index in [0.717, 1.165) is 14.0 Å². The second-order valence-electron chi connectivity index (χ2n) is 3.28. The molecule has 0 N–H and O–H groups in total. The van der Waals surface area contributed by atoms with E-state index >= 15 is 0 Å². The van der Waals surface area contributed by atoms with E-state index in [0.29, 0.717) is 0 Å². The van der Waals surface area contributed by atoms with Crippen molar-refractivity contribution >= 4 is 10.1 Å². The van der Waals surface area contributed by atoms with Crippen LogP contribution in [0.3, 0.4) is 0 Å². The van der Waals surface area contributed by atoms with Gasteiger partial charge in [-0.05, 0) is 6.92 Å². The summed E-state index contributed by atoms with van der Waals surface area (Å²) in [5.74, 6) is -13.7. The predicted octanol–water partition coefficient (Wildman–Crippen LogP) is 2.08. The zero-order valence-corrected chi connectivity index (χ0v) is 10.3. The maximum Gasteiger partial charge on any atom is 0.336 e. The third-order valence-electron chi connectivity index (χ3n) is 2.11. The molecule has 19 heavy (non-hydrogen) atoms. The van der Waals surface area contributed by atoms with Crippen molar-refractivity contribution in [2.45, 2.75) is 12.4 Å². The second kappa shape index (κ2) is 5.29. The Bertz CT molecular complexity index is 572. The van der Waals surface area contributed by atoms with E-state index in [4.69, 9.17) is 0 Å². The third-order valence-corrected chi connectivity index (χ3v) is 3.51. The number of methoxy groups -OCH3 is 1. The summed E-state index contributed by atoms with van der Waals surface area (Å²) in [6, 6.07) is 0. The highest BCUT2D eigenvalue weighted by molar-refractivity contribution is 7.87. The lowest BCUT2D eigenvalue weighted by atomic mass is 10.3. The SMILES string of the molecule is COC(C)S(=O)(=O)Oc1c(F)c(F)c(F)c(F)c1F. The molecule has 10 heteroatoms. The van der Waals surface area contributed by atoms with Crippen molar-refractivity contribution in [2.75, 3.05) is 7.11 Å². The van der Waals surface area contributed by atoms with Crippen molar-refractivity contribution in [1.29, 1.82) is 0 Å². The van der Waals surface area contributed by atoms with Gasteiger partial charge in [-0.1, -0.05) is 0 Å². The summed E-state index contributed by atoms with van der Waals surface area (Å²) in [6.07, 6.45) is 0. The van der Waals surface area contributed by atoms with Crippen molar-refractivity contribution in [3.05, 3.63) is 29.1 Å². The van der Waals surface area contributed by atoms with Crippen molar-refractivity contribution in [1.82, 2.24) is 0 Å². The fraction of sp³-hybridized carbons (Fsp3) is 0.333. The molecule has 0 bridgehead atoms. The van der Waals surface area contributed by atoms with Gasteiger partial charge in [-0.2, -0.15) is 17.2 Å². The Morgan fingerprint density at radius 2 is 1.26 bits per heavy atom. The molecule has 0 aromatic heterocycles. The summed E-state index contributed by atoms with van der Waals surface area (Å²) in [4.78, 5) is 0. The molecule has 1 unspecified atom stereocenters. The van der Waals surface area contributed by atoms with Gasteiger partial charge in [0.1, 0.15) is 0 Å². The largest absolute Gasteiger partial charge is 0.374 e. The summed E-state index contributed by atoms with van der Waals surface area (Å²) in [7, 11) is -3.76. The maximum atomic E-state index is 13.1. The van der Waals surface area contributed by atoms with Gasteiger partial charge in [0.25, 0.3) is 0 Å². The van der Waals surface area contributed by atoms with E-state index in [2.05, 4.69) is 8.92 Å². The summed E-state index contributed by atoms with van der Waals surface area (Å²) in [5, 5.41) is 0. The summed E-state index contributed by atoms with van der Waals surface area (Å²) < 4.78 is 95.4. The summed E-state index contributed by atoms with van der Waals surface area (Å²) >= 11 is 0. The molecule has 0 aliphatic carbocycles. The Labute approximate surface area is 104 Å². The van der Waals surface area contributed by atoms with Crippen LogP contribution in [0.2, 0.25) is 0 Å². The monoisotopic (exact) mass is 306 g/mol. The van der Waals surface area contributed by atoms with E-state index < -0.39 is 50.4 Å². The van der Waals surface area contributed by atoms with Gasteiger partial charge in [0.05, 0.1) is 0 Å². The first kappa shape index (κ1) is 15.6. The van der Waals surface area contributed by atoms with Gasteiger partial charge < -0.3 is 8.92 Å². The molecule has 0 heterocycles. The average Bonchev–Trinajstić information content (AvgIpc) is 2.38. The third kappa shape index (κ3) is 2.78. The Kier molecular flexibility index (Phi) is 4.35. The molecule has 0 aliphatic rings. The molecule has 1 rings (SSSR count). The van der Waals surface area contributed by atoms with Gasteiger partial charge in [-0.3, -0.25) is 0 Å². The van der Waals surface area contributed by atoms with Crippen LogP contribution >= 0.6 is 0 Å². The molecule has 0 amide bonds. The maximum absolute atomic E-state index is 13.1. The van der Waals surface area contributed by atoms with Crippen LogP contribution in [0.1, 0.15) is 6.92 Å². The average molecular weight is 306 g/mol. The lowest BCUT2D eigenvalue weighted by molar-refractivity contribution is 0.169. The van der Waals surface area contributed by atoms with Crippen molar-refractivity contribution in [3.8, 4) is 5.75 Å². The predicted molar refractivity (Wildman–Crippen MR) is 52.3 cm³/mol. The molecule has 0 saturated carbocycles. The van der Waals surface area contributed by atoms with Crippen molar-refractivity contribution < 1.29 is 39.3 Å². The van der Waals surface area contributed by atoms with Crippen molar-refractivity contribution in [3.63, 3.8) is 0 Å². The van der Waals surface area contributed by atoms with Gasteiger partial charge in [0.2, 0.25) is 34.8 Å². The zero-order valence-electron chi connectivity index (χ0n) is 9.51. The first-order valence-electron chi connectivity index (χ1n) is 4.61. The molecule has 4 nitrogen and oxygen atoms in total. The van der Waals surface area contributed by atoms with E-state index in [1.165, 1.54) is 0 Å². The quantitative estimate of drug-likeness (QED) is 0.370. The Hall–Kier alpha value is -1.42. The highest BCUT2D eigenvalue weighted by atomic mass is 32.2. The molecule has 108 valence electrons. The van der Waals surface area contributed by atoms with Crippen LogP contribution in [0, 0.1) is 29.1 Å². The highest BCUT2D eigenvalue weighted by Gasteiger charge is 2.32. The minimum Gasteiger partial charge on any atom is -0.374 e. The Morgan fingerprint density at radius 1 is 0.895 bits per heavy atom. The first-order valence-corrected chi connectivity index (χ1v) is 6.08. The van der Waals surface area contributed by atoms with Crippen LogP contribution in [-0.2, 0) is 14.9 Å². The lowest BCUT2D eigenvalue weighted by Gasteiger charge is -2.13. The molecule has 1 aromatic carbocycles. The zero-order chi connectivity index (χ0) is 15.0. The fourth-order valence-electron chi connectivity index (χ4n) is 0.960. The Morgan fingerprint density at radius 3 is 1.63 bits per heavy atom. The molecule has 0 saturated heterocycles. The van der Waals surface area contributed by atoms with Crippen LogP contribution in [-0.4, -0.2) is 21.0 Å². The molecular formula is C9H7F5O4S. The fourth-order valence-corrected chi connectivity index (χ4v) is 1.71. The van der Waals surface area contributed by atoms with E-state index in [1.54, 1.807) is 0 Å². The summed E-state index contributed by atoms with van der Waals surface area (Å²) in [5.41, 5.74) is -1.66. The van der Waals surface area contributed by atoms with Crippen LogP contribution in [0.15, 0.2) is 0 Å². The van der Waals surface area contributed by atoms with Crippen LogP contribution < -0.4 is 4.18 Å². The summed E-state index contributed by atoms with van der Waals surface area (Å²) in [6.45, 7) is 0.946. The topological polar surface area (TPSA) is 52.6 Å². The minimum absolute atomic E-state index is 0.946.